The monoisotopic (exact) mass is 369 g/mol. The third-order valence-electron chi connectivity index (χ3n) is 4.48. The fourth-order valence-electron chi connectivity index (χ4n) is 3.25. The van der Waals surface area contributed by atoms with Crippen LogP contribution in [-0.2, 0) is 9.59 Å². The van der Waals surface area contributed by atoms with E-state index in [4.69, 9.17) is 23.2 Å². The molecule has 0 radical (unpaired) electrons. The molecule has 0 aromatic heterocycles. The number of hydrogen-bond donors (Lipinski definition) is 2. The van der Waals surface area contributed by atoms with Crippen molar-refractivity contribution in [3.8, 4) is 0 Å². The van der Waals surface area contributed by atoms with Crippen molar-refractivity contribution in [2.75, 3.05) is 11.9 Å². The van der Waals surface area contributed by atoms with Crippen LogP contribution >= 0.6 is 23.2 Å². The van der Waals surface area contributed by atoms with Gasteiger partial charge in [-0.3, -0.25) is 14.5 Å². The first kappa shape index (κ1) is 17.0. The molecule has 1 saturated heterocycles. The van der Waals surface area contributed by atoms with Gasteiger partial charge in [-0.1, -0.05) is 48.5 Å². The highest BCUT2D eigenvalue weighted by Crippen LogP contribution is 2.34. The van der Waals surface area contributed by atoms with Gasteiger partial charge in [-0.2, -0.15) is 0 Å². The van der Waals surface area contributed by atoms with Crippen LogP contribution in [0.15, 0.2) is 18.2 Å². The maximum absolute atomic E-state index is 12.6. The molecule has 1 aromatic carbocycles. The molecule has 2 aliphatic rings. The number of urea groups is 1. The molecule has 2 N–H and O–H groups in total. The van der Waals surface area contributed by atoms with E-state index < -0.39 is 17.5 Å². The van der Waals surface area contributed by atoms with Crippen molar-refractivity contribution in [2.45, 2.75) is 37.6 Å². The minimum Gasteiger partial charge on any atom is -0.323 e. The summed E-state index contributed by atoms with van der Waals surface area (Å²) in [6.45, 7) is -0.367. The molecule has 4 amide bonds. The van der Waals surface area contributed by atoms with Crippen molar-refractivity contribution in [3.63, 3.8) is 0 Å². The molecular formula is C16H17Cl2N3O3. The summed E-state index contributed by atoms with van der Waals surface area (Å²) >= 11 is 12.0. The van der Waals surface area contributed by atoms with E-state index in [1.54, 1.807) is 18.2 Å². The number of anilines is 1. The Morgan fingerprint density at radius 3 is 2.42 bits per heavy atom. The van der Waals surface area contributed by atoms with E-state index in [1.165, 1.54) is 0 Å². The summed E-state index contributed by atoms with van der Waals surface area (Å²) in [5.74, 6) is -0.853. The van der Waals surface area contributed by atoms with E-state index in [2.05, 4.69) is 10.6 Å². The lowest BCUT2D eigenvalue weighted by atomic mass is 9.82. The number of nitrogens with zero attached hydrogens (tertiary/aromatic N) is 1. The molecular weight excluding hydrogens is 353 g/mol. The van der Waals surface area contributed by atoms with Crippen LogP contribution in [0.2, 0.25) is 10.0 Å². The maximum atomic E-state index is 12.6. The number of nitrogens with one attached hydrogen (secondary N) is 2. The zero-order chi connectivity index (χ0) is 17.3. The van der Waals surface area contributed by atoms with Gasteiger partial charge in [0.05, 0.1) is 15.7 Å². The molecule has 2 fully saturated rings. The average Bonchev–Trinajstić information content (AvgIpc) is 2.76. The Morgan fingerprint density at radius 2 is 1.79 bits per heavy atom. The molecule has 0 bridgehead atoms. The standard InChI is InChI=1S/C16H17Cl2N3O3/c17-10-5-4-6-11(18)13(10)19-12(22)9-21-14(23)16(20-15(21)24)7-2-1-3-8-16/h4-6H,1-3,7-9H2,(H,19,22)(H,20,24). The molecule has 24 heavy (non-hydrogen) atoms. The summed E-state index contributed by atoms with van der Waals surface area (Å²) in [5, 5.41) is 5.90. The highest BCUT2D eigenvalue weighted by atomic mass is 35.5. The molecule has 3 rings (SSSR count). The van der Waals surface area contributed by atoms with Crippen LogP contribution in [0.1, 0.15) is 32.1 Å². The first-order valence-corrected chi connectivity index (χ1v) is 8.56. The van der Waals surface area contributed by atoms with Gasteiger partial charge in [0.15, 0.2) is 0 Å². The molecule has 1 aliphatic carbocycles. The highest BCUT2D eigenvalue weighted by molar-refractivity contribution is 6.39. The number of hydrogen-bond acceptors (Lipinski definition) is 3. The molecule has 0 atom stereocenters. The SMILES string of the molecule is O=C(CN1C(=O)NC2(CCCCC2)C1=O)Nc1c(Cl)cccc1Cl. The number of carbonyl (C=O) groups excluding carboxylic acids is 3. The van der Waals surface area contributed by atoms with E-state index in [-0.39, 0.29) is 28.2 Å². The van der Waals surface area contributed by atoms with Gasteiger partial charge in [0.25, 0.3) is 5.91 Å². The summed E-state index contributed by atoms with van der Waals surface area (Å²) in [7, 11) is 0. The number of amides is 4. The minimum atomic E-state index is -0.836. The van der Waals surface area contributed by atoms with Crippen molar-refractivity contribution in [3.05, 3.63) is 28.2 Å². The molecule has 1 aliphatic heterocycles. The Labute approximate surface area is 149 Å². The molecule has 0 unspecified atom stereocenters. The van der Waals surface area contributed by atoms with E-state index in [1.807, 2.05) is 0 Å². The summed E-state index contributed by atoms with van der Waals surface area (Å²) < 4.78 is 0. The van der Waals surface area contributed by atoms with Gasteiger partial charge in [-0.25, -0.2) is 4.79 Å². The topological polar surface area (TPSA) is 78.5 Å². The van der Waals surface area contributed by atoms with E-state index >= 15 is 0 Å². The summed E-state index contributed by atoms with van der Waals surface area (Å²) in [6.07, 6.45) is 4.07. The van der Waals surface area contributed by atoms with Crippen molar-refractivity contribution >= 4 is 46.7 Å². The number of para-hydroxylation sites is 1. The van der Waals surface area contributed by atoms with E-state index in [9.17, 15) is 14.4 Å². The van der Waals surface area contributed by atoms with Crippen LogP contribution in [0.5, 0.6) is 0 Å². The smallest absolute Gasteiger partial charge is 0.323 e. The van der Waals surface area contributed by atoms with Gasteiger partial charge >= 0.3 is 6.03 Å². The average molecular weight is 370 g/mol. The van der Waals surface area contributed by atoms with Gasteiger partial charge in [-0.15, -0.1) is 0 Å². The Kier molecular flexibility index (Phi) is 4.69. The summed E-state index contributed by atoms with van der Waals surface area (Å²) in [4.78, 5) is 38.0. The predicted octanol–water partition coefficient (Wildman–Crippen LogP) is 3.19. The highest BCUT2D eigenvalue weighted by Gasteiger charge is 2.51. The number of rotatable bonds is 3. The van der Waals surface area contributed by atoms with Crippen LogP contribution in [-0.4, -0.2) is 34.8 Å². The Morgan fingerprint density at radius 1 is 1.17 bits per heavy atom. The molecule has 1 heterocycles. The number of halogens is 2. The number of benzene rings is 1. The van der Waals surface area contributed by atoms with Crippen LogP contribution in [0.25, 0.3) is 0 Å². The lowest BCUT2D eigenvalue weighted by Crippen LogP contribution is -2.48. The second kappa shape index (κ2) is 6.61. The van der Waals surface area contributed by atoms with Gasteiger partial charge in [0, 0.05) is 0 Å². The van der Waals surface area contributed by atoms with Gasteiger partial charge in [-0.05, 0) is 25.0 Å². The van der Waals surface area contributed by atoms with Gasteiger partial charge in [0.2, 0.25) is 5.91 Å². The normalized spacial score (nSPS) is 19.5. The van der Waals surface area contributed by atoms with Crippen LogP contribution in [0, 0.1) is 0 Å². The Hall–Kier alpha value is -1.79. The quantitative estimate of drug-likeness (QED) is 0.803. The third kappa shape index (κ3) is 3.08. The summed E-state index contributed by atoms with van der Waals surface area (Å²) in [6, 6.07) is 4.31. The first-order chi connectivity index (χ1) is 11.4. The Bertz CT molecular complexity index is 682. The molecule has 1 spiro atoms. The second-order valence-electron chi connectivity index (χ2n) is 6.11. The summed E-state index contributed by atoms with van der Waals surface area (Å²) in [5.41, 5.74) is -0.567. The fourth-order valence-corrected chi connectivity index (χ4v) is 3.75. The lowest BCUT2D eigenvalue weighted by Gasteiger charge is -2.30. The third-order valence-corrected chi connectivity index (χ3v) is 5.11. The molecule has 8 heteroatoms. The van der Waals surface area contributed by atoms with E-state index in [0.29, 0.717) is 12.8 Å². The predicted molar refractivity (Wildman–Crippen MR) is 91.2 cm³/mol. The molecule has 1 aromatic rings. The first-order valence-electron chi connectivity index (χ1n) is 7.81. The molecule has 128 valence electrons. The maximum Gasteiger partial charge on any atom is 0.325 e. The zero-order valence-corrected chi connectivity index (χ0v) is 14.4. The second-order valence-corrected chi connectivity index (χ2v) is 6.92. The molecule has 6 nitrogen and oxygen atoms in total. The van der Waals surface area contributed by atoms with Crippen molar-refractivity contribution < 1.29 is 14.4 Å². The minimum absolute atomic E-state index is 0.269. The molecule has 1 saturated carbocycles. The van der Waals surface area contributed by atoms with Crippen LogP contribution in [0.3, 0.4) is 0 Å². The van der Waals surface area contributed by atoms with Crippen molar-refractivity contribution in [1.82, 2.24) is 10.2 Å². The van der Waals surface area contributed by atoms with Crippen LogP contribution < -0.4 is 10.6 Å². The van der Waals surface area contributed by atoms with Crippen molar-refractivity contribution in [1.29, 1.82) is 0 Å². The van der Waals surface area contributed by atoms with Crippen molar-refractivity contribution in [2.24, 2.45) is 0 Å². The largest absolute Gasteiger partial charge is 0.325 e. The van der Waals surface area contributed by atoms with Crippen LogP contribution in [0.4, 0.5) is 10.5 Å². The number of imide groups is 1. The lowest BCUT2D eigenvalue weighted by molar-refractivity contribution is -0.134. The zero-order valence-electron chi connectivity index (χ0n) is 12.9. The van der Waals surface area contributed by atoms with Gasteiger partial charge in [0.1, 0.15) is 12.1 Å². The fraction of sp³-hybridized carbons (Fsp3) is 0.438. The Balaban J connectivity index is 1.70. The van der Waals surface area contributed by atoms with E-state index in [0.717, 1.165) is 24.2 Å². The van der Waals surface area contributed by atoms with Gasteiger partial charge < -0.3 is 10.6 Å². The number of carbonyl (C=O) groups is 3.